The third-order valence-corrected chi connectivity index (χ3v) is 4.31. The number of nitrogens with two attached hydrogens (primary N) is 1. The Morgan fingerprint density at radius 3 is 2.38 bits per heavy atom. The molecule has 0 radical (unpaired) electrons. The molecule has 4 nitrogen and oxygen atoms in total. The van der Waals surface area contributed by atoms with Crippen LogP contribution in [0.1, 0.15) is 35.3 Å². The van der Waals surface area contributed by atoms with Crippen LogP contribution >= 0.6 is 0 Å². The topological polar surface area (TPSA) is 56.7 Å². The molecule has 2 N–H and O–H groups in total. The van der Waals surface area contributed by atoms with Crippen molar-refractivity contribution in [2.45, 2.75) is 33.7 Å². The van der Waals surface area contributed by atoms with Gasteiger partial charge in [-0.15, -0.1) is 0 Å². The smallest absolute Gasteiger partial charge is 0.146 e. The Morgan fingerprint density at radius 1 is 1.05 bits per heavy atom. The summed E-state index contributed by atoms with van der Waals surface area (Å²) in [5.74, 6) is 0.551. The molecule has 1 atom stereocenters. The van der Waals surface area contributed by atoms with Crippen LogP contribution in [0.4, 0.5) is 5.82 Å². The number of rotatable bonds is 2. The Labute approximate surface area is 124 Å². The van der Waals surface area contributed by atoms with Gasteiger partial charge in [-0.25, -0.2) is 9.97 Å². The largest absolute Gasteiger partial charge is 0.383 e. The highest BCUT2D eigenvalue weighted by molar-refractivity contribution is 5.91. The number of fused-ring (bicyclic) bond motifs is 1. The lowest BCUT2D eigenvalue weighted by atomic mass is 10.1. The Kier molecular flexibility index (Phi) is 3.16. The highest BCUT2D eigenvalue weighted by Crippen LogP contribution is 2.32. The van der Waals surface area contributed by atoms with Gasteiger partial charge in [0.25, 0.3) is 0 Å². The molecular formula is C17H20N4. The number of benzene rings is 1. The first-order valence-corrected chi connectivity index (χ1v) is 7.15. The van der Waals surface area contributed by atoms with E-state index < -0.39 is 0 Å². The molecule has 108 valence electrons. The van der Waals surface area contributed by atoms with Crippen LogP contribution < -0.4 is 5.73 Å². The molecule has 3 rings (SSSR count). The lowest BCUT2D eigenvalue weighted by molar-refractivity contribution is 0.639. The number of nitrogen functional groups attached to an aromatic ring is 1. The van der Waals surface area contributed by atoms with Gasteiger partial charge >= 0.3 is 0 Å². The highest BCUT2D eigenvalue weighted by atomic mass is 15.1. The van der Waals surface area contributed by atoms with Crippen LogP contribution in [-0.2, 0) is 0 Å². The van der Waals surface area contributed by atoms with E-state index in [9.17, 15) is 0 Å². The van der Waals surface area contributed by atoms with Gasteiger partial charge in [-0.3, -0.25) is 0 Å². The van der Waals surface area contributed by atoms with Crippen LogP contribution in [0, 0.1) is 20.8 Å². The predicted molar refractivity (Wildman–Crippen MR) is 86.4 cm³/mol. The minimum Gasteiger partial charge on any atom is -0.383 e. The summed E-state index contributed by atoms with van der Waals surface area (Å²) in [5, 5.41) is 0.967. The average molecular weight is 280 g/mol. The van der Waals surface area contributed by atoms with Crippen molar-refractivity contribution in [2.75, 3.05) is 5.73 Å². The number of aryl methyl sites for hydroxylation is 2. The molecule has 3 aromatic rings. The van der Waals surface area contributed by atoms with Crippen molar-refractivity contribution in [3.8, 4) is 0 Å². The van der Waals surface area contributed by atoms with Gasteiger partial charge in [-0.2, -0.15) is 0 Å². The van der Waals surface area contributed by atoms with Crippen molar-refractivity contribution in [2.24, 2.45) is 0 Å². The van der Waals surface area contributed by atoms with Crippen molar-refractivity contribution in [1.29, 1.82) is 0 Å². The first-order chi connectivity index (χ1) is 10.0. The highest BCUT2D eigenvalue weighted by Gasteiger charge is 2.19. The Hall–Kier alpha value is -2.36. The third kappa shape index (κ3) is 2.07. The molecule has 0 saturated carbocycles. The number of hydrogen-bond acceptors (Lipinski definition) is 3. The van der Waals surface area contributed by atoms with Crippen LogP contribution in [0.15, 0.2) is 30.6 Å². The molecule has 4 heteroatoms. The van der Waals surface area contributed by atoms with E-state index in [1.165, 1.54) is 23.1 Å². The minimum atomic E-state index is 0.205. The second kappa shape index (κ2) is 4.88. The molecule has 0 saturated heterocycles. The molecular weight excluding hydrogens is 260 g/mol. The molecule has 0 aliphatic heterocycles. The monoisotopic (exact) mass is 280 g/mol. The summed E-state index contributed by atoms with van der Waals surface area (Å²) in [6.45, 7) is 8.48. The molecule has 1 unspecified atom stereocenters. The summed E-state index contributed by atoms with van der Waals surface area (Å²) in [6, 6.07) is 8.83. The van der Waals surface area contributed by atoms with Gasteiger partial charge in [0.2, 0.25) is 0 Å². The van der Waals surface area contributed by atoms with Crippen LogP contribution in [0.3, 0.4) is 0 Å². The summed E-state index contributed by atoms with van der Waals surface area (Å²) in [7, 11) is 0. The fourth-order valence-electron chi connectivity index (χ4n) is 2.92. The summed E-state index contributed by atoms with van der Waals surface area (Å²) < 4.78 is 2.24. The van der Waals surface area contributed by atoms with Gasteiger partial charge in [0, 0.05) is 5.69 Å². The van der Waals surface area contributed by atoms with Crippen LogP contribution in [0.5, 0.6) is 0 Å². The van der Waals surface area contributed by atoms with E-state index in [1.807, 2.05) is 0 Å². The Bertz CT molecular complexity index is 800. The summed E-state index contributed by atoms with van der Waals surface area (Å²) in [6.07, 6.45) is 1.54. The zero-order valence-corrected chi connectivity index (χ0v) is 12.9. The number of anilines is 1. The van der Waals surface area contributed by atoms with Crippen LogP contribution in [-0.4, -0.2) is 14.5 Å². The predicted octanol–water partition coefficient (Wildman–Crippen LogP) is 3.55. The van der Waals surface area contributed by atoms with E-state index in [0.29, 0.717) is 5.82 Å². The number of hydrogen-bond donors (Lipinski definition) is 1. The molecule has 0 spiro atoms. The van der Waals surface area contributed by atoms with Crippen molar-refractivity contribution < 1.29 is 0 Å². The lowest BCUT2D eigenvalue weighted by Crippen LogP contribution is -2.09. The summed E-state index contributed by atoms with van der Waals surface area (Å²) >= 11 is 0. The van der Waals surface area contributed by atoms with Gasteiger partial charge in [-0.1, -0.05) is 29.8 Å². The first kappa shape index (κ1) is 13.6. The SMILES string of the molecule is Cc1ccc(C(C)n2c(C)c(C)c3c(N)ncnc32)cc1. The van der Waals surface area contributed by atoms with Crippen LogP contribution in [0.25, 0.3) is 11.0 Å². The standard InChI is InChI=1S/C17H20N4/c1-10-5-7-14(8-6-10)13(4)21-12(3)11(2)15-16(18)19-9-20-17(15)21/h5-9,13H,1-4H3,(H2,18,19,20). The van der Waals surface area contributed by atoms with Crippen LogP contribution in [0.2, 0.25) is 0 Å². The second-order valence-electron chi connectivity index (χ2n) is 5.62. The van der Waals surface area contributed by atoms with Gasteiger partial charge in [0.15, 0.2) is 0 Å². The van der Waals surface area contributed by atoms with E-state index in [1.54, 1.807) is 0 Å². The maximum Gasteiger partial charge on any atom is 0.146 e. The first-order valence-electron chi connectivity index (χ1n) is 7.15. The van der Waals surface area contributed by atoms with E-state index in [4.69, 9.17) is 5.73 Å². The zero-order chi connectivity index (χ0) is 15.1. The van der Waals surface area contributed by atoms with Crippen molar-refractivity contribution in [3.63, 3.8) is 0 Å². The fraction of sp³-hybridized carbons (Fsp3) is 0.294. The Balaban J connectivity index is 2.23. The molecule has 2 heterocycles. The molecule has 21 heavy (non-hydrogen) atoms. The zero-order valence-electron chi connectivity index (χ0n) is 12.9. The molecule has 0 fully saturated rings. The molecule has 1 aromatic carbocycles. The maximum absolute atomic E-state index is 6.03. The van der Waals surface area contributed by atoms with Gasteiger partial charge in [-0.05, 0) is 38.8 Å². The molecule has 0 aliphatic carbocycles. The second-order valence-corrected chi connectivity index (χ2v) is 5.62. The van der Waals surface area contributed by atoms with E-state index in [0.717, 1.165) is 16.6 Å². The quantitative estimate of drug-likeness (QED) is 0.781. The number of aromatic nitrogens is 3. The third-order valence-electron chi connectivity index (χ3n) is 4.31. The number of nitrogens with zero attached hydrogens (tertiary/aromatic N) is 3. The maximum atomic E-state index is 6.03. The molecule has 0 amide bonds. The normalized spacial score (nSPS) is 12.8. The van der Waals surface area contributed by atoms with Gasteiger partial charge in [0.05, 0.1) is 11.4 Å². The average Bonchev–Trinajstić information content (AvgIpc) is 2.72. The van der Waals surface area contributed by atoms with Crippen molar-refractivity contribution in [3.05, 3.63) is 53.0 Å². The summed E-state index contributed by atoms with van der Waals surface area (Å²) in [5.41, 5.74) is 11.8. The van der Waals surface area contributed by atoms with E-state index in [-0.39, 0.29) is 6.04 Å². The van der Waals surface area contributed by atoms with E-state index in [2.05, 4.69) is 66.5 Å². The summed E-state index contributed by atoms with van der Waals surface area (Å²) in [4.78, 5) is 8.58. The fourth-order valence-corrected chi connectivity index (χ4v) is 2.92. The van der Waals surface area contributed by atoms with Crippen molar-refractivity contribution in [1.82, 2.24) is 14.5 Å². The Morgan fingerprint density at radius 2 is 1.71 bits per heavy atom. The van der Waals surface area contributed by atoms with E-state index >= 15 is 0 Å². The molecule has 0 bridgehead atoms. The molecule has 0 aliphatic rings. The minimum absolute atomic E-state index is 0.205. The van der Waals surface area contributed by atoms with Gasteiger partial charge in [0.1, 0.15) is 17.8 Å². The van der Waals surface area contributed by atoms with Crippen molar-refractivity contribution >= 4 is 16.9 Å². The van der Waals surface area contributed by atoms with Gasteiger partial charge < -0.3 is 10.3 Å². The lowest BCUT2D eigenvalue weighted by Gasteiger charge is -2.18. The molecule has 2 aromatic heterocycles.